The summed E-state index contributed by atoms with van der Waals surface area (Å²) in [5.41, 5.74) is -8.35. The van der Waals surface area contributed by atoms with Crippen molar-refractivity contribution in [1.82, 2.24) is 0 Å². The number of rotatable bonds is 31. The summed E-state index contributed by atoms with van der Waals surface area (Å²) >= 11 is 0.119. The van der Waals surface area contributed by atoms with Crippen LogP contribution in [0, 0.1) is 0 Å². The Morgan fingerprint density at radius 1 is 0.460 bits per heavy atom. The lowest BCUT2D eigenvalue weighted by molar-refractivity contribution is -0.434. The minimum atomic E-state index is -5.58. The van der Waals surface area contributed by atoms with E-state index in [9.17, 15) is 92.7 Å². The van der Waals surface area contributed by atoms with Crippen molar-refractivity contribution in [2.75, 3.05) is 42.4 Å². The third-order valence-corrected chi connectivity index (χ3v) is 19.0. The van der Waals surface area contributed by atoms with Crippen LogP contribution in [0.4, 0.5) is 51.2 Å². The number of phenolic OH excluding ortho intramolecular Hbond substituents is 3. The number of phenols is 3. The van der Waals surface area contributed by atoms with Crippen LogP contribution in [0.1, 0.15) is 6.92 Å². The van der Waals surface area contributed by atoms with Gasteiger partial charge in [-0.2, -0.15) is 38.8 Å². The molecule has 0 aliphatic rings. The van der Waals surface area contributed by atoms with Gasteiger partial charge in [0, 0.05) is 6.92 Å². The fourth-order valence-corrected chi connectivity index (χ4v) is 12.7. The van der Waals surface area contributed by atoms with E-state index in [0.29, 0.717) is 42.5 Å². The molecule has 10 N–H and O–H groups in total. The summed E-state index contributed by atoms with van der Waals surface area (Å²) in [6.45, 7) is -1.36. The Morgan fingerprint density at radius 3 is 1.22 bits per heavy atom. The molecule has 0 radical (unpaired) electrons. The highest BCUT2D eigenvalue weighted by Crippen LogP contribution is 2.57. The first-order chi connectivity index (χ1) is 40.4. The van der Waals surface area contributed by atoms with E-state index in [-0.39, 0.29) is 41.3 Å². The number of nitrogens with zero attached hydrogens (tertiary/aromatic N) is 8. The molecule has 0 fully saturated rings. The van der Waals surface area contributed by atoms with Crippen molar-refractivity contribution >= 4 is 152 Å². The molecule has 474 valence electrons. The molecule has 5 rings (SSSR count). The minimum absolute atomic E-state index is 0.0107. The van der Waals surface area contributed by atoms with Gasteiger partial charge in [-0.25, -0.2) is 40.0 Å². The molecule has 0 saturated carbocycles. The summed E-state index contributed by atoms with van der Waals surface area (Å²) < 4.78 is 236. The smallest absolute Gasteiger partial charge is 0.397 e. The fraction of sp³-hybridized carbons (Fsp3) is 0.184. The van der Waals surface area contributed by atoms with Gasteiger partial charge < -0.3 is 20.6 Å². The molecular formula is C38H37N9O31S9. The highest BCUT2D eigenvalue weighted by Gasteiger charge is 2.29. The van der Waals surface area contributed by atoms with Crippen molar-refractivity contribution in [2.45, 2.75) is 36.3 Å². The lowest BCUT2D eigenvalue weighted by Gasteiger charge is -2.12. The van der Waals surface area contributed by atoms with Crippen LogP contribution in [-0.2, 0) is 106 Å². The summed E-state index contributed by atoms with van der Waals surface area (Å²) in [5, 5.41) is 88.7. The van der Waals surface area contributed by atoms with Crippen LogP contribution in [0.5, 0.6) is 17.2 Å². The summed E-state index contributed by atoms with van der Waals surface area (Å²) in [7, 11) is -35.0. The Balaban J connectivity index is 1.71. The molecule has 0 aromatic heterocycles. The van der Waals surface area contributed by atoms with E-state index in [1.807, 2.05) is 0 Å². The van der Waals surface area contributed by atoms with Crippen LogP contribution in [0.15, 0.2) is 143 Å². The standard InChI is InChI=1S/C38H37N9O31S9/c1-20(48)39-27-18-29(32(86(66,67)68)19-28(27)43-40-21-2-4-22(5-3-21)81(54,55)13-10-72-79-77-75-52)44-47-35-37(50)33(45-41-25-8-6-23(16-30(25)84(60,61)62)82(56,57)14-11-73-80-78-76-53)36(49)34(38(35)51)46-42-26-9-7-24(17-31(26)85(63,64)65)83(58,59)15-12-74-87(69,70)71/h2-9,16-19,49-53H,10-15H2,1H3,(H,39,48)(H,60,61,62)(H,63,64,65)(H,66,67,68)(H,69,70,71). The maximum Gasteiger partial charge on any atom is 0.397 e. The van der Waals surface area contributed by atoms with Gasteiger partial charge in [-0.15, -0.1) is 44.5 Å². The Kier molecular flexibility index (Phi) is 24.0. The average molecular weight is 1400 g/mol. The predicted molar refractivity (Wildman–Crippen MR) is 288 cm³/mol. The Bertz CT molecular complexity index is 4380. The van der Waals surface area contributed by atoms with Crippen LogP contribution >= 0.6 is 24.6 Å². The van der Waals surface area contributed by atoms with E-state index in [0.717, 1.165) is 31.2 Å². The second-order valence-corrected chi connectivity index (χ2v) is 28.5. The highest BCUT2D eigenvalue weighted by molar-refractivity contribution is 7.92. The summed E-state index contributed by atoms with van der Waals surface area (Å²) in [4.78, 5) is 6.40. The molecule has 0 spiro atoms. The molecular weight excluding hydrogens is 1370 g/mol. The molecule has 0 heterocycles. The van der Waals surface area contributed by atoms with Gasteiger partial charge in [-0.05, 0) is 72.8 Å². The maximum atomic E-state index is 13.0. The fourth-order valence-electron chi connectivity index (χ4n) is 6.29. The van der Waals surface area contributed by atoms with Gasteiger partial charge in [0.25, 0.3) is 30.4 Å². The topological polar surface area (TPSA) is 614 Å². The van der Waals surface area contributed by atoms with Crippen molar-refractivity contribution in [3.05, 3.63) is 72.8 Å². The number of sulfone groups is 3. The molecule has 5 aromatic rings. The van der Waals surface area contributed by atoms with Gasteiger partial charge in [0.05, 0.1) is 63.1 Å². The summed E-state index contributed by atoms with van der Waals surface area (Å²) in [6, 6.07) is 8.76. The van der Waals surface area contributed by atoms with E-state index in [1.165, 1.54) is 0 Å². The molecule has 0 unspecified atom stereocenters. The van der Waals surface area contributed by atoms with Crippen LogP contribution in [0.2, 0.25) is 0 Å². The normalized spacial score (nSPS) is 13.2. The van der Waals surface area contributed by atoms with E-state index < -0.39 is 200 Å². The molecule has 87 heavy (non-hydrogen) atoms. The van der Waals surface area contributed by atoms with Gasteiger partial charge in [0.15, 0.2) is 88.5 Å². The van der Waals surface area contributed by atoms with Crippen molar-refractivity contribution in [3.63, 3.8) is 0 Å². The zero-order valence-corrected chi connectivity index (χ0v) is 49.8. The number of benzene rings is 5. The monoisotopic (exact) mass is 1400 g/mol. The first-order valence-corrected chi connectivity index (χ1v) is 33.9. The summed E-state index contributed by atoms with van der Waals surface area (Å²) in [6.07, 6.45) is 0. The second kappa shape index (κ2) is 29.5. The highest BCUT2D eigenvalue weighted by atomic mass is 32.3. The van der Waals surface area contributed by atoms with E-state index in [2.05, 4.69) is 73.3 Å². The van der Waals surface area contributed by atoms with Crippen LogP contribution in [-0.4, -0.2) is 146 Å². The molecule has 0 aliphatic heterocycles. The molecule has 0 bridgehead atoms. The molecule has 5 aromatic carbocycles. The first kappa shape index (κ1) is 71.0. The number of nitrogens with one attached hydrogen (secondary N) is 1. The Morgan fingerprint density at radius 2 is 0.828 bits per heavy atom. The number of azo groups is 4. The number of hydrogen-bond acceptors (Lipinski definition) is 37. The Labute approximate surface area is 497 Å². The maximum absolute atomic E-state index is 13.0. The van der Waals surface area contributed by atoms with E-state index in [1.54, 1.807) is 0 Å². The van der Waals surface area contributed by atoms with Crippen molar-refractivity contribution in [2.24, 2.45) is 40.9 Å². The SMILES string of the molecule is CC(=O)Nc1cc(N=Nc2c(O)c(N=Nc3ccc(S(=O)(=O)CCOSOOO)cc3S(=O)(=O)O)c(O)c(N=Nc3ccc(S(=O)(=O)CCOS(=O)(=O)O)cc3S(=O)(=O)O)c2O)c(S(=O)(=O)O)cc1N=Nc1ccc(S(=O)(=O)CCOSOOO)cc1. The summed E-state index contributed by atoms with van der Waals surface area (Å²) in [5.74, 6) is -8.37. The van der Waals surface area contributed by atoms with E-state index >= 15 is 0 Å². The van der Waals surface area contributed by atoms with Gasteiger partial charge >= 0.3 is 10.4 Å². The minimum Gasteiger partial charge on any atom is -0.504 e. The lowest BCUT2D eigenvalue weighted by Crippen LogP contribution is -2.16. The third-order valence-electron chi connectivity index (χ3n) is 10.1. The molecule has 49 heteroatoms. The number of amides is 1. The number of hydrogen-bond donors (Lipinski definition) is 10. The van der Waals surface area contributed by atoms with Crippen molar-refractivity contribution in [3.8, 4) is 17.2 Å². The molecule has 40 nitrogen and oxygen atoms in total. The molecule has 0 aliphatic carbocycles. The van der Waals surface area contributed by atoms with Crippen LogP contribution in [0.25, 0.3) is 0 Å². The number of anilines is 1. The van der Waals surface area contributed by atoms with Crippen molar-refractivity contribution in [1.29, 1.82) is 0 Å². The zero-order valence-electron chi connectivity index (χ0n) is 42.4. The van der Waals surface area contributed by atoms with Crippen LogP contribution < -0.4 is 5.32 Å². The molecule has 1 amide bonds. The average Bonchev–Trinajstić information content (AvgIpc) is 2.66. The second-order valence-electron chi connectivity index (χ2n) is 15.9. The van der Waals surface area contributed by atoms with E-state index in [4.69, 9.17) is 19.3 Å². The zero-order chi connectivity index (χ0) is 64.9. The number of aromatic hydroxyl groups is 3. The largest absolute Gasteiger partial charge is 0.504 e. The van der Waals surface area contributed by atoms with Crippen LogP contribution in [0.3, 0.4) is 0 Å². The predicted octanol–water partition coefficient (Wildman–Crippen LogP) is 6.31. The van der Waals surface area contributed by atoms with Gasteiger partial charge in [-0.1, -0.05) is 10.1 Å². The van der Waals surface area contributed by atoms with Gasteiger partial charge in [0.2, 0.25) is 5.91 Å². The van der Waals surface area contributed by atoms with Crippen molar-refractivity contribution < 1.29 is 139 Å². The molecule has 0 atom stereocenters. The van der Waals surface area contributed by atoms with Gasteiger partial charge in [-0.3, -0.25) is 31.4 Å². The molecule has 0 saturated heterocycles. The first-order valence-electron chi connectivity index (χ1n) is 22.0. The lowest BCUT2D eigenvalue weighted by atomic mass is 10.2. The van der Waals surface area contributed by atoms with Gasteiger partial charge in [0.1, 0.15) is 37.4 Å². The quantitative estimate of drug-likeness (QED) is 0.00580. The Hall–Kier alpha value is -6.80. The number of carbonyl (C=O) groups is 1. The third kappa shape index (κ3) is 20.1. The number of carbonyl (C=O) groups excluding carboxylic acids is 1.